The minimum absolute atomic E-state index is 0.671. The van der Waals surface area contributed by atoms with Crippen molar-refractivity contribution in [1.29, 1.82) is 0 Å². The summed E-state index contributed by atoms with van der Waals surface area (Å²) in [4.78, 5) is 4.13. The van der Waals surface area contributed by atoms with Gasteiger partial charge in [-0.1, -0.05) is 29.2 Å². The zero-order valence-electron chi connectivity index (χ0n) is 6.29. The summed E-state index contributed by atoms with van der Waals surface area (Å²) >= 11 is 5.79. The Hall–Kier alpha value is -1.02. The van der Waals surface area contributed by atoms with Gasteiger partial charge >= 0.3 is 0 Å². The van der Waals surface area contributed by atoms with Crippen LogP contribution in [0.3, 0.4) is 0 Å². The van der Waals surface area contributed by atoms with Crippen molar-refractivity contribution in [1.82, 2.24) is 4.98 Å². The maximum Gasteiger partial charge on any atom is 0.115 e. The molecule has 1 nitrogen and oxygen atoms in total. The van der Waals surface area contributed by atoms with E-state index in [1.807, 2.05) is 24.3 Å². The van der Waals surface area contributed by atoms with E-state index in [1.165, 1.54) is 0 Å². The largest absolute Gasteiger partial charge is 0.257 e. The van der Waals surface area contributed by atoms with Crippen LogP contribution in [0.4, 0.5) is 0 Å². The number of hydrogen-bond donors (Lipinski definition) is 0. The average molecular weight is 173 g/mol. The first kappa shape index (κ1) is 7.62. The molecule has 0 N–H and O–H groups in total. The van der Waals surface area contributed by atoms with Gasteiger partial charge < -0.3 is 0 Å². The van der Waals surface area contributed by atoms with Crippen LogP contribution < -0.4 is 5.46 Å². The third kappa shape index (κ3) is 1.30. The highest BCUT2D eigenvalue weighted by Crippen LogP contribution is 2.15. The Bertz CT molecular complexity index is 387. The summed E-state index contributed by atoms with van der Waals surface area (Å²) in [7, 11) is 5.57. The highest BCUT2D eigenvalue weighted by atomic mass is 35.5. The summed E-state index contributed by atoms with van der Waals surface area (Å²) in [6.45, 7) is 0. The second kappa shape index (κ2) is 2.79. The molecule has 0 saturated heterocycles. The van der Waals surface area contributed by atoms with Gasteiger partial charge in [-0.2, -0.15) is 0 Å². The number of benzene rings is 1. The predicted octanol–water partition coefficient (Wildman–Crippen LogP) is 1.68. The van der Waals surface area contributed by atoms with Crippen LogP contribution in [-0.2, 0) is 0 Å². The SMILES string of the molecule is [B]c1cnc2cc(Cl)ccc2c1. The quantitative estimate of drug-likeness (QED) is 0.553. The van der Waals surface area contributed by atoms with Crippen molar-refractivity contribution in [3.63, 3.8) is 0 Å². The molecule has 3 heteroatoms. The molecular weight excluding hydrogens is 168 g/mol. The van der Waals surface area contributed by atoms with Gasteiger partial charge in [0.1, 0.15) is 7.85 Å². The monoisotopic (exact) mass is 173 g/mol. The van der Waals surface area contributed by atoms with Gasteiger partial charge in [0.05, 0.1) is 5.52 Å². The van der Waals surface area contributed by atoms with Crippen molar-refractivity contribution >= 4 is 35.8 Å². The molecule has 1 heterocycles. The lowest BCUT2D eigenvalue weighted by Crippen LogP contribution is -2.01. The predicted molar refractivity (Wildman–Crippen MR) is 52.1 cm³/mol. The molecule has 2 rings (SSSR count). The molecule has 1 aromatic carbocycles. The molecule has 0 unspecified atom stereocenters. The number of rotatable bonds is 0. The van der Waals surface area contributed by atoms with E-state index >= 15 is 0 Å². The van der Waals surface area contributed by atoms with Crippen molar-refractivity contribution in [3.05, 3.63) is 35.5 Å². The smallest absolute Gasteiger partial charge is 0.115 e. The lowest BCUT2D eigenvalue weighted by Gasteiger charge is -1.98. The lowest BCUT2D eigenvalue weighted by atomic mass is 9.97. The third-order valence-electron chi connectivity index (χ3n) is 1.67. The Balaban J connectivity index is 2.79. The zero-order chi connectivity index (χ0) is 8.55. The molecule has 1 aromatic heterocycles. The summed E-state index contributed by atoms with van der Waals surface area (Å²) in [5, 5.41) is 1.71. The van der Waals surface area contributed by atoms with E-state index in [0.29, 0.717) is 10.5 Å². The Morgan fingerprint density at radius 2 is 2.08 bits per heavy atom. The molecule has 0 aliphatic heterocycles. The van der Waals surface area contributed by atoms with Crippen molar-refractivity contribution in [2.45, 2.75) is 0 Å². The number of halogens is 1. The van der Waals surface area contributed by atoms with Crippen LogP contribution in [0.25, 0.3) is 10.9 Å². The van der Waals surface area contributed by atoms with Crippen LogP contribution in [0.15, 0.2) is 30.5 Å². The minimum Gasteiger partial charge on any atom is -0.257 e. The fourth-order valence-corrected chi connectivity index (χ4v) is 1.28. The number of pyridine rings is 1. The number of aromatic nitrogens is 1. The van der Waals surface area contributed by atoms with Gasteiger partial charge in [0, 0.05) is 11.2 Å². The number of fused-ring (bicyclic) bond motifs is 1. The van der Waals surface area contributed by atoms with Crippen LogP contribution in [0.5, 0.6) is 0 Å². The molecule has 2 radical (unpaired) electrons. The standard InChI is InChI=1S/C9H5BClN/c10-7-3-6-1-2-8(11)4-9(6)12-5-7/h1-5H. The van der Waals surface area contributed by atoms with Gasteiger partial charge in [0.25, 0.3) is 0 Å². The average Bonchev–Trinajstić information content (AvgIpc) is 2.05. The van der Waals surface area contributed by atoms with Gasteiger partial charge in [-0.05, 0) is 17.5 Å². The lowest BCUT2D eigenvalue weighted by molar-refractivity contribution is 1.44. The first-order valence-corrected chi connectivity index (χ1v) is 3.94. The van der Waals surface area contributed by atoms with E-state index in [-0.39, 0.29) is 0 Å². The maximum absolute atomic E-state index is 5.79. The zero-order valence-corrected chi connectivity index (χ0v) is 7.05. The molecule has 0 bridgehead atoms. The summed E-state index contributed by atoms with van der Waals surface area (Å²) in [5.74, 6) is 0. The van der Waals surface area contributed by atoms with E-state index < -0.39 is 0 Å². The number of hydrogen-bond acceptors (Lipinski definition) is 1. The van der Waals surface area contributed by atoms with Gasteiger partial charge in [-0.15, -0.1) is 0 Å². The summed E-state index contributed by atoms with van der Waals surface area (Å²) in [5.41, 5.74) is 1.54. The molecular formula is C9H5BClN. The van der Waals surface area contributed by atoms with E-state index in [4.69, 9.17) is 19.4 Å². The van der Waals surface area contributed by atoms with E-state index in [2.05, 4.69) is 4.98 Å². The molecule has 0 aliphatic carbocycles. The topological polar surface area (TPSA) is 12.9 Å². The second-order valence-corrected chi connectivity index (χ2v) is 3.04. The Labute approximate surface area is 76.8 Å². The van der Waals surface area contributed by atoms with E-state index in [0.717, 1.165) is 10.9 Å². The van der Waals surface area contributed by atoms with Crippen LogP contribution in [0.2, 0.25) is 5.02 Å². The fraction of sp³-hybridized carbons (Fsp3) is 0. The molecule has 0 atom stereocenters. The molecule has 0 aliphatic rings. The van der Waals surface area contributed by atoms with Crippen LogP contribution >= 0.6 is 11.6 Å². The van der Waals surface area contributed by atoms with Crippen molar-refractivity contribution in [2.24, 2.45) is 0 Å². The summed E-state index contributed by atoms with van der Waals surface area (Å²) in [6.07, 6.45) is 1.62. The molecule has 0 saturated carbocycles. The molecule has 0 spiro atoms. The molecule has 2 aromatic rings. The van der Waals surface area contributed by atoms with Crippen molar-refractivity contribution < 1.29 is 0 Å². The first-order valence-electron chi connectivity index (χ1n) is 3.56. The normalized spacial score (nSPS) is 10.4. The number of nitrogens with zero attached hydrogens (tertiary/aromatic N) is 1. The summed E-state index contributed by atoms with van der Waals surface area (Å²) < 4.78 is 0. The Morgan fingerprint density at radius 1 is 1.25 bits per heavy atom. The molecule has 0 amide bonds. The van der Waals surface area contributed by atoms with E-state index in [9.17, 15) is 0 Å². The minimum atomic E-state index is 0.671. The van der Waals surface area contributed by atoms with Gasteiger partial charge in [0.15, 0.2) is 0 Å². The highest BCUT2D eigenvalue weighted by molar-refractivity contribution is 6.33. The van der Waals surface area contributed by atoms with Crippen molar-refractivity contribution in [2.75, 3.05) is 0 Å². The maximum atomic E-state index is 5.79. The fourth-order valence-electron chi connectivity index (χ4n) is 1.11. The molecule has 56 valence electrons. The Kier molecular flexibility index (Phi) is 1.78. The van der Waals surface area contributed by atoms with Crippen LogP contribution in [0.1, 0.15) is 0 Å². The van der Waals surface area contributed by atoms with Crippen LogP contribution in [-0.4, -0.2) is 12.8 Å². The van der Waals surface area contributed by atoms with Crippen LogP contribution in [0, 0.1) is 0 Å². The van der Waals surface area contributed by atoms with Gasteiger partial charge in [-0.25, -0.2) is 0 Å². The van der Waals surface area contributed by atoms with Crippen molar-refractivity contribution in [3.8, 4) is 0 Å². The van der Waals surface area contributed by atoms with Gasteiger partial charge in [0.2, 0.25) is 0 Å². The highest BCUT2D eigenvalue weighted by Gasteiger charge is 1.94. The first-order chi connectivity index (χ1) is 5.75. The molecule has 0 fully saturated rings. The summed E-state index contributed by atoms with van der Waals surface area (Å²) in [6, 6.07) is 7.42. The second-order valence-electron chi connectivity index (χ2n) is 2.61. The Morgan fingerprint density at radius 3 is 2.92 bits per heavy atom. The van der Waals surface area contributed by atoms with Gasteiger partial charge in [-0.3, -0.25) is 4.98 Å². The van der Waals surface area contributed by atoms with E-state index in [1.54, 1.807) is 6.20 Å². The molecule has 12 heavy (non-hydrogen) atoms. The third-order valence-corrected chi connectivity index (χ3v) is 1.90.